The molecule has 0 spiro atoms. The molecule has 2 aliphatic heterocycles. The van der Waals surface area contributed by atoms with Crippen LogP contribution < -0.4 is 9.80 Å². The SMILES string of the molecule is CC[C@H]1CSC(=O)N1c1noc2c(F)c(N3C[C@@H](C)O[C@H](C)C3)c(C=O)cc12. The number of amides is 1. The molecule has 0 unspecified atom stereocenters. The van der Waals surface area contributed by atoms with E-state index in [2.05, 4.69) is 5.16 Å². The Kier molecular flexibility index (Phi) is 5.05. The molecule has 0 aliphatic carbocycles. The number of morpholine rings is 1. The molecule has 3 atom stereocenters. The van der Waals surface area contributed by atoms with Crippen molar-refractivity contribution in [1.82, 2.24) is 5.16 Å². The van der Waals surface area contributed by atoms with Crippen molar-refractivity contribution < 1.29 is 23.2 Å². The highest BCUT2D eigenvalue weighted by Gasteiger charge is 2.36. The summed E-state index contributed by atoms with van der Waals surface area (Å²) in [6, 6.07) is 1.54. The van der Waals surface area contributed by atoms with Crippen LogP contribution in [0.3, 0.4) is 0 Å². The third-order valence-electron chi connectivity index (χ3n) is 5.21. The molecule has 4 rings (SSSR count). The Morgan fingerprint density at radius 2 is 2.07 bits per heavy atom. The first-order valence-electron chi connectivity index (χ1n) is 9.38. The first-order valence-corrected chi connectivity index (χ1v) is 10.4. The molecule has 1 aromatic carbocycles. The summed E-state index contributed by atoms with van der Waals surface area (Å²) in [7, 11) is 0. The lowest BCUT2D eigenvalue weighted by molar-refractivity contribution is -0.00543. The minimum Gasteiger partial charge on any atom is -0.372 e. The third-order valence-corrected chi connectivity index (χ3v) is 6.21. The topological polar surface area (TPSA) is 75.9 Å². The Bertz CT molecular complexity index is 924. The Labute approximate surface area is 166 Å². The summed E-state index contributed by atoms with van der Waals surface area (Å²) in [6.07, 6.45) is 1.20. The first-order chi connectivity index (χ1) is 13.4. The normalized spacial score (nSPS) is 25.7. The second kappa shape index (κ2) is 7.36. The van der Waals surface area contributed by atoms with Crippen molar-refractivity contribution in [2.75, 3.05) is 28.6 Å². The van der Waals surface area contributed by atoms with Crippen LogP contribution in [0.2, 0.25) is 0 Å². The molecule has 2 fully saturated rings. The van der Waals surface area contributed by atoms with Crippen molar-refractivity contribution in [3.8, 4) is 0 Å². The smallest absolute Gasteiger partial charge is 0.287 e. The molecule has 0 radical (unpaired) electrons. The summed E-state index contributed by atoms with van der Waals surface area (Å²) in [6.45, 7) is 6.73. The summed E-state index contributed by atoms with van der Waals surface area (Å²) >= 11 is 1.21. The van der Waals surface area contributed by atoms with E-state index in [1.807, 2.05) is 25.7 Å². The molecule has 2 aromatic rings. The van der Waals surface area contributed by atoms with Gasteiger partial charge in [0.2, 0.25) is 5.58 Å². The second-order valence-electron chi connectivity index (χ2n) is 7.30. The van der Waals surface area contributed by atoms with E-state index in [-0.39, 0.29) is 46.1 Å². The van der Waals surface area contributed by atoms with Crippen molar-refractivity contribution >= 4 is 45.8 Å². The van der Waals surface area contributed by atoms with Crippen molar-refractivity contribution in [2.45, 2.75) is 45.4 Å². The molecule has 7 nitrogen and oxygen atoms in total. The molecule has 2 saturated heterocycles. The van der Waals surface area contributed by atoms with Gasteiger partial charge in [0.15, 0.2) is 17.9 Å². The predicted octanol–water partition coefficient (Wildman–Crippen LogP) is 3.84. The molecule has 2 aliphatic rings. The van der Waals surface area contributed by atoms with Crippen molar-refractivity contribution in [3.05, 3.63) is 17.4 Å². The number of aromatic nitrogens is 1. The van der Waals surface area contributed by atoms with Crippen molar-refractivity contribution in [1.29, 1.82) is 0 Å². The van der Waals surface area contributed by atoms with Crippen LogP contribution in [0.15, 0.2) is 10.6 Å². The maximum absolute atomic E-state index is 15.4. The van der Waals surface area contributed by atoms with Crippen LogP contribution in [0.4, 0.5) is 20.7 Å². The Morgan fingerprint density at radius 3 is 2.71 bits per heavy atom. The number of fused-ring (bicyclic) bond motifs is 1. The maximum Gasteiger partial charge on any atom is 0.287 e. The summed E-state index contributed by atoms with van der Waals surface area (Å²) in [5.74, 6) is 0.287. The molecule has 1 amide bonds. The zero-order chi connectivity index (χ0) is 20.0. The zero-order valence-electron chi connectivity index (χ0n) is 16.0. The van der Waals surface area contributed by atoms with Gasteiger partial charge in [0, 0.05) is 30.4 Å². The highest BCUT2D eigenvalue weighted by atomic mass is 32.2. The number of ether oxygens (including phenoxy) is 1. The van der Waals surface area contributed by atoms with E-state index in [4.69, 9.17) is 9.26 Å². The van der Waals surface area contributed by atoms with Crippen LogP contribution in [-0.2, 0) is 4.74 Å². The fourth-order valence-corrected chi connectivity index (χ4v) is 5.10. The minimum atomic E-state index is -0.632. The monoisotopic (exact) mass is 407 g/mol. The van der Waals surface area contributed by atoms with Crippen LogP contribution in [0.5, 0.6) is 0 Å². The van der Waals surface area contributed by atoms with E-state index in [1.54, 1.807) is 11.0 Å². The van der Waals surface area contributed by atoms with Crippen LogP contribution >= 0.6 is 11.8 Å². The van der Waals surface area contributed by atoms with E-state index in [9.17, 15) is 9.59 Å². The number of nitrogens with zero attached hydrogens (tertiary/aromatic N) is 3. The highest BCUT2D eigenvalue weighted by molar-refractivity contribution is 8.14. The van der Waals surface area contributed by atoms with Gasteiger partial charge in [-0.1, -0.05) is 23.8 Å². The van der Waals surface area contributed by atoms with Crippen LogP contribution in [-0.4, -0.2) is 53.8 Å². The van der Waals surface area contributed by atoms with E-state index in [0.717, 1.165) is 6.42 Å². The second-order valence-corrected chi connectivity index (χ2v) is 8.27. The quantitative estimate of drug-likeness (QED) is 0.713. The third kappa shape index (κ3) is 3.06. The summed E-state index contributed by atoms with van der Waals surface area (Å²) in [5, 5.41) is 4.19. The highest BCUT2D eigenvalue weighted by Crippen LogP contribution is 2.40. The summed E-state index contributed by atoms with van der Waals surface area (Å²) in [4.78, 5) is 27.5. The van der Waals surface area contributed by atoms with Crippen molar-refractivity contribution in [2.24, 2.45) is 0 Å². The standard InChI is InChI=1S/C19H22FN3O4S/c1-4-13-9-28-19(25)23(13)18-14-5-12(8-24)16(15(20)17(14)27-21-18)22-6-10(2)26-11(3)7-22/h5,8,10-11,13H,4,6-7,9H2,1-3H3/t10-,11-,13+/m1/s1. The van der Waals surface area contributed by atoms with Crippen LogP contribution in [0.25, 0.3) is 11.0 Å². The van der Waals surface area contributed by atoms with E-state index in [1.165, 1.54) is 11.8 Å². The van der Waals surface area contributed by atoms with Crippen molar-refractivity contribution in [3.63, 3.8) is 0 Å². The van der Waals surface area contributed by atoms with Gasteiger partial charge in [-0.2, -0.15) is 0 Å². The van der Waals surface area contributed by atoms with Gasteiger partial charge in [-0.05, 0) is 26.3 Å². The number of benzene rings is 1. The number of hydrogen-bond donors (Lipinski definition) is 0. The number of halogens is 1. The molecular formula is C19H22FN3O4S. The number of rotatable bonds is 4. The average molecular weight is 407 g/mol. The number of carbonyl (C=O) groups is 2. The predicted molar refractivity (Wildman–Crippen MR) is 106 cm³/mol. The number of carbonyl (C=O) groups excluding carboxylic acids is 2. The molecule has 9 heteroatoms. The van der Waals surface area contributed by atoms with Gasteiger partial charge in [-0.3, -0.25) is 14.5 Å². The lowest BCUT2D eigenvalue weighted by atomic mass is 10.1. The summed E-state index contributed by atoms with van der Waals surface area (Å²) in [5.41, 5.74) is 0.367. The van der Waals surface area contributed by atoms with Gasteiger partial charge >= 0.3 is 0 Å². The molecule has 0 N–H and O–H groups in total. The summed E-state index contributed by atoms with van der Waals surface area (Å²) < 4.78 is 26.5. The van der Waals surface area contributed by atoms with Crippen LogP contribution in [0.1, 0.15) is 37.6 Å². The Hall–Kier alpha value is -2.13. The number of thioether (sulfide) groups is 1. The van der Waals surface area contributed by atoms with Gasteiger partial charge in [0.1, 0.15) is 0 Å². The molecule has 1 aromatic heterocycles. The number of hydrogen-bond acceptors (Lipinski definition) is 7. The maximum atomic E-state index is 15.4. The fraction of sp³-hybridized carbons (Fsp3) is 0.526. The molecule has 0 saturated carbocycles. The number of aldehydes is 1. The first kappa shape index (κ1) is 19.2. The van der Waals surface area contributed by atoms with Crippen LogP contribution in [0, 0.1) is 5.82 Å². The lowest BCUT2D eigenvalue weighted by Gasteiger charge is -2.37. The van der Waals surface area contributed by atoms with Gasteiger partial charge < -0.3 is 14.2 Å². The lowest BCUT2D eigenvalue weighted by Crippen LogP contribution is -2.46. The molecule has 28 heavy (non-hydrogen) atoms. The Morgan fingerprint density at radius 1 is 1.36 bits per heavy atom. The van der Waals surface area contributed by atoms with E-state index < -0.39 is 5.82 Å². The van der Waals surface area contributed by atoms with E-state index >= 15 is 4.39 Å². The zero-order valence-corrected chi connectivity index (χ0v) is 16.8. The fourth-order valence-electron chi connectivity index (χ4n) is 4.00. The minimum absolute atomic E-state index is 0.0332. The largest absolute Gasteiger partial charge is 0.372 e. The van der Waals surface area contributed by atoms with Gasteiger partial charge in [-0.15, -0.1) is 0 Å². The molecular weight excluding hydrogens is 385 g/mol. The van der Waals surface area contributed by atoms with Gasteiger partial charge in [0.25, 0.3) is 5.24 Å². The number of anilines is 2. The van der Waals surface area contributed by atoms with Gasteiger partial charge in [0.05, 0.1) is 23.3 Å². The molecule has 3 heterocycles. The molecule has 150 valence electrons. The van der Waals surface area contributed by atoms with Gasteiger partial charge in [-0.25, -0.2) is 4.39 Å². The Balaban J connectivity index is 1.84. The average Bonchev–Trinajstić information content (AvgIpc) is 3.23. The van der Waals surface area contributed by atoms with E-state index in [0.29, 0.717) is 30.5 Å². The molecule has 0 bridgehead atoms.